The zero-order valence-corrected chi connectivity index (χ0v) is 13.8. The second kappa shape index (κ2) is 5.63. The lowest BCUT2D eigenvalue weighted by Gasteiger charge is -2.64. The Labute approximate surface area is 140 Å². The van der Waals surface area contributed by atoms with Gasteiger partial charge in [0.25, 0.3) is 0 Å². The lowest BCUT2D eigenvalue weighted by Crippen LogP contribution is -2.71. The minimum Gasteiger partial charge on any atom is -0.495 e. The summed E-state index contributed by atoms with van der Waals surface area (Å²) < 4.78 is 59.9. The van der Waals surface area contributed by atoms with E-state index < -0.39 is 35.5 Å². The maximum atomic E-state index is 14.3. The summed E-state index contributed by atoms with van der Waals surface area (Å²) in [5.41, 5.74) is -2.54. The van der Waals surface area contributed by atoms with Crippen molar-refractivity contribution in [2.45, 2.75) is 75.0 Å². The van der Waals surface area contributed by atoms with Crippen LogP contribution in [0.3, 0.4) is 0 Å². The topological polar surface area (TPSA) is 27.7 Å². The van der Waals surface area contributed by atoms with Gasteiger partial charge in [-0.25, -0.2) is 0 Å². The van der Waals surface area contributed by atoms with Gasteiger partial charge in [0.2, 0.25) is 0 Å². The van der Waals surface area contributed by atoms with Crippen molar-refractivity contribution >= 4 is 0 Å². The molecule has 1 saturated heterocycles. The Kier molecular flexibility index (Phi) is 3.92. The van der Waals surface area contributed by atoms with Crippen LogP contribution in [0.25, 0.3) is 0 Å². The smallest absolute Gasteiger partial charge is 0.418 e. The first-order valence-electron chi connectivity index (χ1n) is 9.03. The third-order valence-electron chi connectivity index (χ3n) is 6.59. The molecule has 3 unspecified atom stereocenters. The van der Waals surface area contributed by atoms with E-state index in [1.807, 2.05) is 0 Å². The van der Waals surface area contributed by atoms with E-state index in [2.05, 4.69) is 6.58 Å². The Morgan fingerprint density at radius 3 is 2.33 bits per heavy atom. The average Bonchev–Trinajstić information content (AvgIpc) is 2.50. The third kappa shape index (κ3) is 2.40. The van der Waals surface area contributed by atoms with Gasteiger partial charge in [0.1, 0.15) is 5.60 Å². The first-order valence-corrected chi connectivity index (χ1v) is 9.03. The fourth-order valence-electron chi connectivity index (χ4n) is 5.96. The van der Waals surface area contributed by atoms with E-state index in [4.69, 9.17) is 14.2 Å². The van der Waals surface area contributed by atoms with Crippen molar-refractivity contribution in [3.8, 4) is 0 Å². The van der Waals surface area contributed by atoms with E-state index in [0.717, 1.165) is 19.3 Å². The highest BCUT2D eigenvalue weighted by molar-refractivity contribution is 5.16. The Bertz CT molecular complexity index is 482. The van der Waals surface area contributed by atoms with Crippen molar-refractivity contribution < 1.29 is 27.4 Å². The number of hydrogen-bond donors (Lipinski definition) is 0. The second-order valence-corrected chi connectivity index (χ2v) is 8.02. The Balaban J connectivity index is 1.66. The molecule has 4 bridgehead atoms. The summed E-state index contributed by atoms with van der Waals surface area (Å²) in [7, 11) is 0. The molecular formula is C18H25F3O3. The molecule has 0 aromatic rings. The summed E-state index contributed by atoms with van der Waals surface area (Å²) in [6.07, 6.45) is 1.39. The van der Waals surface area contributed by atoms with Crippen LogP contribution in [0.1, 0.15) is 51.4 Å². The van der Waals surface area contributed by atoms with Gasteiger partial charge < -0.3 is 14.2 Å². The van der Waals surface area contributed by atoms with Crippen molar-refractivity contribution in [3.05, 3.63) is 12.8 Å². The molecule has 5 rings (SSSR count). The SMILES string of the molecule is C=COC12CC3CC(C1)C(OC1CCCCO1)(C(F)(F)F)C(C3)C2. The number of rotatable bonds is 4. The van der Waals surface area contributed by atoms with Crippen LogP contribution in [0.2, 0.25) is 0 Å². The predicted octanol–water partition coefficient (Wildman–Crippen LogP) is 4.57. The van der Waals surface area contributed by atoms with Gasteiger partial charge in [-0.1, -0.05) is 6.58 Å². The van der Waals surface area contributed by atoms with Gasteiger partial charge in [-0.15, -0.1) is 0 Å². The molecule has 4 aliphatic carbocycles. The van der Waals surface area contributed by atoms with Crippen LogP contribution in [-0.4, -0.2) is 30.3 Å². The fraction of sp³-hybridized carbons (Fsp3) is 0.889. The van der Waals surface area contributed by atoms with Crippen LogP contribution in [-0.2, 0) is 14.2 Å². The Hall–Kier alpha value is -0.750. The highest BCUT2D eigenvalue weighted by Crippen LogP contribution is 2.66. The molecule has 24 heavy (non-hydrogen) atoms. The summed E-state index contributed by atoms with van der Waals surface area (Å²) in [5.74, 6) is -0.794. The van der Waals surface area contributed by atoms with Gasteiger partial charge >= 0.3 is 6.18 Å². The van der Waals surface area contributed by atoms with Crippen molar-refractivity contribution in [2.24, 2.45) is 17.8 Å². The normalized spacial score (nSPS) is 47.6. The first kappa shape index (κ1) is 16.7. The standard InChI is InChI=1S/C18H25F3O3/c1-2-23-16-9-12-7-13(10-16)17(18(19,20)21,14(8-12)11-16)24-15-5-3-4-6-22-15/h2,12-15H,1,3-11H2. The van der Waals surface area contributed by atoms with Crippen molar-refractivity contribution in [1.29, 1.82) is 0 Å². The molecule has 3 nitrogen and oxygen atoms in total. The molecule has 0 aromatic heterocycles. The number of hydrogen-bond acceptors (Lipinski definition) is 3. The van der Waals surface area contributed by atoms with Crippen LogP contribution in [0.15, 0.2) is 12.8 Å². The van der Waals surface area contributed by atoms with E-state index in [1.165, 1.54) is 6.26 Å². The summed E-state index contributed by atoms with van der Waals surface area (Å²) in [5, 5.41) is 0. The molecule has 1 heterocycles. The van der Waals surface area contributed by atoms with Crippen LogP contribution in [0.5, 0.6) is 0 Å². The molecule has 4 saturated carbocycles. The maximum Gasteiger partial charge on any atom is 0.418 e. The molecule has 0 spiro atoms. The second-order valence-electron chi connectivity index (χ2n) is 8.02. The van der Waals surface area contributed by atoms with Gasteiger partial charge in [0, 0.05) is 18.4 Å². The Morgan fingerprint density at radius 1 is 1.08 bits per heavy atom. The van der Waals surface area contributed by atoms with E-state index in [1.54, 1.807) is 0 Å². The zero-order chi connectivity index (χ0) is 17.0. The molecule has 0 radical (unpaired) electrons. The van der Waals surface area contributed by atoms with Crippen molar-refractivity contribution in [1.82, 2.24) is 0 Å². The molecule has 0 N–H and O–H groups in total. The van der Waals surface area contributed by atoms with Crippen molar-refractivity contribution in [3.63, 3.8) is 0 Å². The minimum absolute atomic E-state index is 0.300. The van der Waals surface area contributed by atoms with Crippen LogP contribution in [0.4, 0.5) is 13.2 Å². The highest BCUT2D eigenvalue weighted by Gasteiger charge is 2.74. The van der Waals surface area contributed by atoms with Crippen LogP contribution >= 0.6 is 0 Å². The molecule has 5 fully saturated rings. The third-order valence-corrected chi connectivity index (χ3v) is 6.59. The van der Waals surface area contributed by atoms with Gasteiger partial charge in [-0.2, -0.15) is 13.2 Å². The van der Waals surface area contributed by atoms with E-state index >= 15 is 0 Å². The van der Waals surface area contributed by atoms with E-state index in [0.29, 0.717) is 44.6 Å². The first-order chi connectivity index (χ1) is 11.4. The number of ether oxygens (including phenoxy) is 3. The van der Waals surface area contributed by atoms with E-state index in [-0.39, 0.29) is 0 Å². The summed E-state index contributed by atoms with van der Waals surface area (Å²) in [4.78, 5) is 0. The van der Waals surface area contributed by atoms with Gasteiger partial charge in [-0.3, -0.25) is 0 Å². The monoisotopic (exact) mass is 346 g/mol. The van der Waals surface area contributed by atoms with Gasteiger partial charge in [0.15, 0.2) is 11.9 Å². The molecule has 3 atom stereocenters. The van der Waals surface area contributed by atoms with Crippen LogP contribution < -0.4 is 0 Å². The largest absolute Gasteiger partial charge is 0.495 e. The van der Waals surface area contributed by atoms with E-state index in [9.17, 15) is 13.2 Å². The quantitative estimate of drug-likeness (QED) is 0.698. The van der Waals surface area contributed by atoms with Gasteiger partial charge in [-0.05, 0) is 57.3 Å². The predicted molar refractivity (Wildman–Crippen MR) is 81.0 cm³/mol. The minimum atomic E-state index is -4.38. The summed E-state index contributed by atoms with van der Waals surface area (Å²) >= 11 is 0. The average molecular weight is 346 g/mol. The molecule has 0 amide bonds. The molecule has 5 aliphatic rings. The Morgan fingerprint density at radius 2 is 1.79 bits per heavy atom. The van der Waals surface area contributed by atoms with Gasteiger partial charge in [0.05, 0.1) is 6.26 Å². The number of halogens is 3. The molecule has 136 valence electrons. The summed E-state index contributed by atoms with van der Waals surface area (Å²) in [6, 6.07) is 0. The maximum absolute atomic E-state index is 14.3. The molecular weight excluding hydrogens is 321 g/mol. The molecule has 1 aliphatic heterocycles. The highest BCUT2D eigenvalue weighted by atomic mass is 19.4. The van der Waals surface area contributed by atoms with Crippen LogP contribution in [0, 0.1) is 17.8 Å². The molecule has 0 aromatic carbocycles. The van der Waals surface area contributed by atoms with Crippen molar-refractivity contribution in [2.75, 3.05) is 6.61 Å². The lowest BCUT2D eigenvalue weighted by molar-refractivity contribution is -0.394. The molecule has 6 heteroatoms. The number of alkyl halides is 3. The fourth-order valence-corrected chi connectivity index (χ4v) is 5.96. The lowest BCUT2D eigenvalue weighted by atomic mass is 9.47. The summed E-state index contributed by atoms with van der Waals surface area (Å²) in [6.45, 7) is 4.11. The zero-order valence-electron chi connectivity index (χ0n) is 13.8.